The molecule has 3 aromatic rings. The molecule has 0 radical (unpaired) electrons. The number of halogens is 1. The summed E-state index contributed by atoms with van der Waals surface area (Å²) in [4.78, 5) is 8.51. The lowest BCUT2D eigenvalue weighted by Gasteiger charge is -1.95. The molecule has 0 bridgehead atoms. The van der Waals surface area contributed by atoms with E-state index in [1.165, 1.54) is 11.3 Å². The van der Waals surface area contributed by atoms with Crippen molar-refractivity contribution in [2.45, 2.75) is 6.54 Å². The third kappa shape index (κ3) is 3.80. The molecular formula is C15H11BrN4S. The fourth-order valence-corrected chi connectivity index (χ4v) is 2.66. The molecule has 0 fully saturated rings. The van der Waals surface area contributed by atoms with Gasteiger partial charge in [0.25, 0.3) is 0 Å². The smallest absolute Gasteiger partial charge is 0.230 e. The number of aromatic nitrogens is 2. The second-order valence-corrected chi connectivity index (χ2v) is 6.04. The maximum absolute atomic E-state index is 4.47. The van der Waals surface area contributed by atoms with Crippen LogP contribution >= 0.6 is 27.3 Å². The van der Waals surface area contributed by atoms with Crippen LogP contribution in [0.15, 0.2) is 68.9 Å². The number of hydrogen-bond donors (Lipinski definition) is 0. The Kier molecular flexibility index (Phi) is 4.47. The van der Waals surface area contributed by atoms with Gasteiger partial charge in [0, 0.05) is 27.8 Å². The first-order valence-corrected chi connectivity index (χ1v) is 7.96. The van der Waals surface area contributed by atoms with Crippen LogP contribution < -0.4 is 0 Å². The van der Waals surface area contributed by atoms with Crippen LogP contribution in [0.25, 0.3) is 11.3 Å². The van der Waals surface area contributed by atoms with Crippen molar-refractivity contribution in [1.82, 2.24) is 9.97 Å². The van der Waals surface area contributed by atoms with E-state index in [2.05, 4.69) is 36.1 Å². The van der Waals surface area contributed by atoms with Gasteiger partial charge in [0.15, 0.2) is 0 Å². The highest BCUT2D eigenvalue weighted by molar-refractivity contribution is 9.10. The SMILES string of the molecule is Brc1ccc(-c2csc(N=NCc3cccnc3)n2)cc1. The van der Waals surface area contributed by atoms with Crippen LogP contribution in [-0.2, 0) is 6.54 Å². The zero-order valence-electron chi connectivity index (χ0n) is 11.0. The predicted octanol–water partition coefficient (Wildman–Crippen LogP) is 5.25. The molecule has 104 valence electrons. The minimum Gasteiger partial charge on any atom is -0.264 e. The van der Waals surface area contributed by atoms with Crippen molar-refractivity contribution in [2.24, 2.45) is 10.2 Å². The molecule has 0 spiro atoms. The zero-order valence-corrected chi connectivity index (χ0v) is 13.4. The summed E-state index contributed by atoms with van der Waals surface area (Å²) >= 11 is 4.91. The third-order valence-corrected chi connectivity index (χ3v) is 4.02. The molecule has 0 saturated carbocycles. The van der Waals surface area contributed by atoms with Gasteiger partial charge in [-0.05, 0) is 23.8 Å². The number of nitrogens with zero attached hydrogens (tertiary/aromatic N) is 4. The van der Waals surface area contributed by atoms with Gasteiger partial charge in [-0.2, -0.15) is 5.11 Å². The highest BCUT2D eigenvalue weighted by Gasteiger charge is 2.03. The third-order valence-electron chi connectivity index (χ3n) is 2.76. The summed E-state index contributed by atoms with van der Waals surface area (Å²) in [6.45, 7) is 0.515. The second kappa shape index (κ2) is 6.69. The van der Waals surface area contributed by atoms with Crippen LogP contribution in [0, 0.1) is 0 Å². The molecule has 2 aromatic heterocycles. The molecular weight excluding hydrogens is 348 g/mol. The summed E-state index contributed by atoms with van der Waals surface area (Å²) in [5.74, 6) is 0. The van der Waals surface area contributed by atoms with E-state index in [0.717, 1.165) is 21.3 Å². The summed E-state index contributed by atoms with van der Waals surface area (Å²) in [5, 5.41) is 11.0. The van der Waals surface area contributed by atoms with E-state index in [1.807, 2.05) is 41.8 Å². The van der Waals surface area contributed by atoms with Crippen LogP contribution in [0.5, 0.6) is 0 Å². The number of rotatable bonds is 4. The first-order valence-electron chi connectivity index (χ1n) is 6.29. The number of pyridine rings is 1. The number of benzene rings is 1. The fourth-order valence-electron chi connectivity index (χ4n) is 1.73. The molecule has 2 heterocycles. The lowest BCUT2D eigenvalue weighted by molar-refractivity contribution is 0.946. The van der Waals surface area contributed by atoms with E-state index in [1.54, 1.807) is 12.4 Å². The summed E-state index contributed by atoms with van der Waals surface area (Å²) < 4.78 is 1.05. The Morgan fingerprint density at radius 2 is 2.00 bits per heavy atom. The van der Waals surface area contributed by atoms with Crippen LogP contribution in [0.3, 0.4) is 0 Å². The van der Waals surface area contributed by atoms with Crippen molar-refractivity contribution in [3.05, 3.63) is 64.2 Å². The van der Waals surface area contributed by atoms with E-state index in [9.17, 15) is 0 Å². The van der Waals surface area contributed by atoms with Crippen molar-refractivity contribution < 1.29 is 0 Å². The molecule has 0 N–H and O–H groups in total. The Balaban J connectivity index is 1.69. The Hall–Kier alpha value is -1.92. The highest BCUT2D eigenvalue weighted by atomic mass is 79.9. The summed E-state index contributed by atoms with van der Waals surface area (Å²) in [7, 11) is 0. The van der Waals surface area contributed by atoms with Gasteiger partial charge in [-0.1, -0.05) is 34.1 Å². The van der Waals surface area contributed by atoms with Crippen LogP contribution in [0.4, 0.5) is 5.13 Å². The Labute approximate surface area is 134 Å². The zero-order chi connectivity index (χ0) is 14.5. The van der Waals surface area contributed by atoms with Gasteiger partial charge in [-0.15, -0.1) is 16.5 Å². The first kappa shape index (κ1) is 14.0. The second-order valence-electron chi connectivity index (χ2n) is 4.28. The van der Waals surface area contributed by atoms with E-state index in [-0.39, 0.29) is 0 Å². The molecule has 4 nitrogen and oxygen atoms in total. The Bertz CT molecular complexity index is 738. The molecule has 0 amide bonds. The van der Waals surface area contributed by atoms with E-state index in [4.69, 9.17) is 0 Å². The average Bonchev–Trinajstić information content (AvgIpc) is 2.98. The van der Waals surface area contributed by atoms with Gasteiger partial charge in [0.05, 0.1) is 12.2 Å². The van der Waals surface area contributed by atoms with Crippen LogP contribution in [0.2, 0.25) is 0 Å². The number of hydrogen-bond acceptors (Lipinski definition) is 5. The van der Waals surface area contributed by atoms with Gasteiger partial charge in [-0.25, -0.2) is 4.98 Å². The summed E-state index contributed by atoms with van der Waals surface area (Å²) in [6, 6.07) is 11.9. The van der Waals surface area contributed by atoms with Crippen molar-refractivity contribution in [3.8, 4) is 11.3 Å². The van der Waals surface area contributed by atoms with Gasteiger partial charge < -0.3 is 0 Å². The van der Waals surface area contributed by atoms with E-state index in [0.29, 0.717) is 11.7 Å². The maximum Gasteiger partial charge on any atom is 0.230 e. The van der Waals surface area contributed by atoms with Gasteiger partial charge in [0.1, 0.15) is 0 Å². The lowest BCUT2D eigenvalue weighted by Crippen LogP contribution is -1.80. The van der Waals surface area contributed by atoms with Crippen molar-refractivity contribution in [2.75, 3.05) is 0 Å². The molecule has 0 aliphatic rings. The van der Waals surface area contributed by atoms with Crippen molar-refractivity contribution >= 4 is 32.4 Å². The standard InChI is InChI=1S/C15H11BrN4S/c16-13-5-3-12(4-6-13)14-10-21-15(19-14)20-18-9-11-2-1-7-17-8-11/h1-8,10H,9H2. The Morgan fingerprint density at radius 3 is 2.76 bits per heavy atom. The molecule has 21 heavy (non-hydrogen) atoms. The van der Waals surface area contributed by atoms with E-state index < -0.39 is 0 Å². The fraction of sp³-hybridized carbons (Fsp3) is 0.0667. The largest absolute Gasteiger partial charge is 0.264 e. The number of thiazole rings is 1. The number of azo groups is 1. The summed E-state index contributed by atoms with van der Waals surface area (Å²) in [6.07, 6.45) is 3.53. The normalized spacial score (nSPS) is 11.1. The molecule has 0 atom stereocenters. The maximum atomic E-state index is 4.47. The first-order chi connectivity index (χ1) is 10.3. The molecule has 0 aliphatic heterocycles. The van der Waals surface area contributed by atoms with Crippen molar-refractivity contribution in [1.29, 1.82) is 0 Å². The highest BCUT2D eigenvalue weighted by Crippen LogP contribution is 2.27. The average molecular weight is 359 g/mol. The van der Waals surface area contributed by atoms with Crippen molar-refractivity contribution in [3.63, 3.8) is 0 Å². The van der Waals surface area contributed by atoms with Gasteiger partial charge in [0.2, 0.25) is 5.13 Å². The molecule has 3 rings (SSSR count). The van der Waals surface area contributed by atoms with Gasteiger partial charge in [-0.3, -0.25) is 4.98 Å². The Morgan fingerprint density at radius 1 is 1.14 bits per heavy atom. The monoisotopic (exact) mass is 358 g/mol. The topological polar surface area (TPSA) is 50.5 Å². The molecule has 6 heteroatoms. The molecule has 0 aliphatic carbocycles. The summed E-state index contributed by atoms with van der Waals surface area (Å²) in [5.41, 5.74) is 3.02. The van der Waals surface area contributed by atoms with E-state index >= 15 is 0 Å². The van der Waals surface area contributed by atoms with Gasteiger partial charge >= 0.3 is 0 Å². The van der Waals surface area contributed by atoms with Crippen LogP contribution in [0.1, 0.15) is 5.56 Å². The minimum absolute atomic E-state index is 0.515. The lowest BCUT2D eigenvalue weighted by atomic mass is 10.2. The molecule has 1 aromatic carbocycles. The molecule has 0 saturated heterocycles. The molecule has 0 unspecified atom stereocenters. The van der Waals surface area contributed by atoms with Crippen LogP contribution in [-0.4, -0.2) is 9.97 Å². The minimum atomic E-state index is 0.515. The predicted molar refractivity (Wildman–Crippen MR) is 87.7 cm³/mol. The quantitative estimate of drug-likeness (QED) is 0.597.